The molecule has 3 N–H and O–H groups in total. The average Bonchev–Trinajstić information content (AvgIpc) is 2.37. The lowest BCUT2D eigenvalue weighted by atomic mass is 10.2. The number of hydrogen-bond acceptors (Lipinski definition) is 5. The first kappa shape index (κ1) is 14.9. The molecule has 8 heteroatoms. The molecule has 0 aliphatic carbocycles. The summed E-state index contributed by atoms with van der Waals surface area (Å²) in [6.45, 7) is 0. The minimum atomic E-state index is -4.64. The molecular formula is C13H14F3N5. The highest BCUT2D eigenvalue weighted by Gasteiger charge is 2.35. The molecule has 0 saturated carbocycles. The fourth-order valence-corrected chi connectivity index (χ4v) is 1.65. The zero-order chi connectivity index (χ0) is 15.6. The summed E-state index contributed by atoms with van der Waals surface area (Å²) in [7, 11) is 3.78. The molecule has 1 aromatic carbocycles. The summed E-state index contributed by atoms with van der Waals surface area (Å²) in [6.07, 6.45) is -4.64. The molecule has 0 spiro atoms. The van der Waals surface area contributed by atoms with Crippen LogP contribution >= 0.6 is 0 Å². The van der Waals surface area contributed by atoms with E-state index in [1.165, 1.54) is 6.07 Å². The highest BCUT2D eigenvalue weighted by atomic mass is 19.4. The fraction of sp³-hybridized carbons (Fsp3) is 0.231. The predicted molar refractivity (Wildman–Crippen MR) is 75.5 cm³/mol. The van der Waals surface area contributed by atoms with Crippen molar-refractivity contribution in [2.24, 2.45) is 0 Å². The third-order valence-electron chi connectivity index (χ3n) is 2.66. The number of nitrogens with one attached hydrogen (secondary N) is 1. The minimum Gasteiger partial charge on any atom is -0.384 e. The number of anilines is 4. The van der Waals surface area contributed by atoms with Gasteiger partial charge in [0.15, 0.2) is 0 Å². The summed E-state index contributed by atoms with van der Waals surface area (Å²) in [5.41, 5.74) is 6.95. The van der Waals surface area contributed by atoms with Crippen LogP contribution in [0.5, 0.6) is 0 Å². The first-order valence-corrected chi connectivity index (χ1v) is 6.02. The smallest absolute Gasteiger partial charge is 0.384 e. The van der Waals surface area contributed by atoms with E-state index in [4.69, 9.17) is 5.73 Å². The van der Waals surface area contributed by atoms with Gasteiger partial charge in [-0.1, -0.05) is 0 Å². The fourth-order valence-electron chi connectivity index (χ4n) is 1.65. The molecule has 0 unspecified atom stereocenters. The second-order valence-electron chi connectivity index (χ2n) is 4.57. The summed E-state index contributed by atoms with van der Waals surface area (Å²) in [5.74, 6) is -1.52. The standard InChI is InChI=1S/C13H14F3N5/c1-21(2)9-5-3-8(4-6-9)18-11-7-10(17)19-12(20-11)13(14,15)16/h3-7H,1-2H3,(H3,17,18,19,20). The van der Waals surface area contributed by atoms with Gasteiger partial charge >= 0.3 is 6.18 Å². The largest absolute Gasteiger partial charge is 0.451 e. The number of nitrogen functional groups attached to an aromatic ring is 1. The maximum atomic E-state index is 12.6. The monoisotopic (exact) mass is 297 g/mol. The lowest BCUT2D eigenvalue weighted by Crippen LogP contribution is -2.13. The number of halogens is 3. The number of nitrogens with two attached hydrogens (primary N) is 1. The van der Waals surface area contributed by atoms with Gasteiger partial charge in [-0.15, -0.1) is 0 Å². The molecule has 0 saturated heterocycles. The molecule has 2 rings (SSSR count). The number of hydrogen-bond donors (Lipinski definition) is 2. The Kier molecular flexibility index (Phi) is 3.88. The molecule has 0 radical (unpaired) electrons. The van der Waals surface area contributed by atoms with E-state index in [9.17, 15) is 13.2 Å². The molecule has 0 amide bonds. The Labute approximate surface area is 119 Å². The minimum absolute atomic E-state index is 0.00701. The third kappa shape index (κ3) is 3.74. The molecular weight excluding hydrogens is 283 g/mol. The summed E-state index contributed by atoms with van der Waals surface area (Å²) < 4.78 is 37.8. The Morgan fingerprint density at radius 1 is 1.10 bits per heavy atom. The van der Waals surface area contributed by atoms with Crippen LogP contribution in [0.15, 0.2) is 30.3 Å². The molecule has 0 bridgehead atoms. The van der Waals surface area contributed by atoms with Gasteiger partial charge < -0.3 is 16.0 Å². The zero-order valence-corrected chi connectivity index (χ0v) is 11.4. The van der Waals surface area contributed by atoms with Gasteiger partial charge in [0.1, 0.15) is 11.6 Å². The van der Waals surface area contributed by atoms with Crippen LogP contribution in [0.1, 0.15) is 5.82 Å². The maximum absolute atomic E-state index is 12.6. The zero-order valence-electron chi connectivity index (χ0n) is 11.4. The van der Waals surface area contributed by atoms with Gasteiger partial charge in [-0.2, -0.15) is 13.2 Å². The molecule has 5 nitrogen and oxygen atoms in total. The first-order chi connectivity index (χ1) is 9.75. The van der Waals surface area contributed by atoms with Gasteiger partial charge in [0.05, 0.1) is 0 Å². The third-order valence-corrected chi connectivity index (χ3v) is 2.66. The van der Waals surface area contributed by atoms with Gasteiger partial charge in [0.2, 0.25) is 5.82 Å². The van der Waals surface area contributed by atoms with Crippen LogP contribution in [0.25, 0.3) is 0 Å². The van der Waals surface area contributed by atoms with E-state index in [1.807, 2.05) is 31.1 Å². The van der Waals surface area contributed by atoms with Gasteiger partial charge in [-0.05, 0) is 24.3 Å². The number of alkyl halides is 3. The average molecular weight is 297 g/mol. The van der Waals surface area contributed by atoms with E-state index in [0.29, 0.717) is 5.69 Å². The molecule has 0 atom stereocenters. The van der Waals surface area contributed by atoms with E-state index < -0.39 is 12.0 Å². The van der Waals surface area contributed by atoms with Gasteiger partial charge in [-0.3, -0.25) is 0 Å². The Balaban J connectivity index is 2.25. The molecule has 112 valence electrons. The molecule has 0 aliphatic heterocycles. The van der Waals surface area contributed by atoms with Crippen molar-refractivity contribution in [3.8, 4) is 0 Å². The van der Waals surface area contributed by atoms with Crippen molar-refractivity contribution in [1.29, 1.82) is 0 Å². The second-order valence-corrected chi connectivity index (χ2v) is 4.57. The Bertz CT molecular complexity index is 623. The Morgan fingerprint density at radius 3 is 2.24 bits per heavy atom. The van der Waals surface area contributed by atoms with Crippen LogP contribution in [0.4, 0.5) is 36.2 Å². The first-order valence-electron chi connectivity index (χ1n) is 6.02. The molecule has 1 aromatic heterocycles. The van der Waals surface area contributed by atoms with Gasteiger partial charge in [-0.25, -0.2) is 9.97 Å². The van der Waals surface area contributed by atoms with Crippen LogP contribution in [0, 0.1) is 0 Å². The quantitative estimate of drug-likeness (QED) is 0.912. The summed E-state index contributed by atoms with van der Waals surface area (Å²) >= 11 is 0. The van der Waals surface area contributed by atoms with Crippen LogP contribution in [-0.2, 0) is 6.18 Å². The predicted octanol–water partition coefficient (Wildman–Crippen LogP) is 2.89. The van der Waals surface area contributed by atoms with Crippen molar-refractivity contribution >= 4 is 23.0 Å². The molecule has 2 aromatic rings. The van der Waals surface area contributed by atoms with Gasteiger partial charge in [0.25, 0.3) is 0 Å². The van der Waals surface area contributed by atoms with Crippen molar-refractivity contribution in [3.63, 3.8) is 0 Å². The number of nitrogens with zero attached hydrogens (tertiary/aromatic N) is 3. The highest BCUT2D eigenvalue weighted by molar-refractivity contribution is 5.61. The van der Waals surface area contributed by atoms with E-state index in [-0.39, 0.29) is 11.6 Å². The number of aromatic nitrogens is 2. The highest BCUT2D eigenvalue weighted by Crippen LogP contribution is 2.28. The summed E-state index contributed by atoms with van der Waals surface area (Å²) in [6, 6.07) is 8.38. The summed E-state index contributed by atoms with van der Waals surface area (Å²) in [5, 5.41) is 2.77. The van der Waals surface area contributed by atoms with E-state index in [0.717, 1.165) is 5.69 Å². The molecule has 0 fully saturated rings. The SMILES string of the molecule is CN(C)c1ccc(Nc2cc(N)nc(C(F)(F)F)n2)cc1. The van der Waals surface area contributed by atoms with Crippen LogP contribution in [-0.4, -0.2) is 24.1 Å². The molecule has 1 heterocycles. The van der Waals surface area contributed by atoms with Crippen LogP contribution in [0.2, 0.25) is 0 Å². The van der Waals surface area contributed by atoms with Crippen molar-refractivity contribution in [1.82, 2.24) is 9.97 Å². The van der Waals surface area contributed by atoms with Crippen LogP contribution < -0.4 is 16.0 Å². The van der Waals surface area contributed by atoms with Crippen molar-refractivity contribution in [2.45, 2.75) is 6.18 Å². The van der Waals surface area contributed by atoms with E-state index in [2.05, 4.69) is 15.3 Å². The Morgan fingerprint density at radius 2 is 1.71 bits per heavy atom. The summed E-state index contributed by atoms with van der Waals surface area (Å²) in [4.78, 5) is 8.51. The lowest BCUT2D eigenvalue weighted by molar-refractivity contribution is -0.144. The number of rotatable bonds is 3. The van der Waals surface area contributed by atoms with Crippen molar-refractivity contribution < 1.29 is 13.2 Å². The van der Waals surface area contributed by atoms with Crippen LogP contribution in [0.3, 0.4) is 0 Å². The molecule has 21 heavy (non-hydrogen) atoms. The molecule has 0 aliphatic rings. The maximum Gasteiger partial charge on any atom is 0.451 e. The number of benzene rings is 1. The van der Waals surface area contributed by atoms with Gasteiger partial charge in [0, 0.05) is 31.5 Å². The Hall–Kier alpha value is -2.51. The lowest BCUT2D eigenvalue weighted by Gasteiger charge is -2.14. The van der Waals surface area contributed by atoms with Crippen molar-refractivity contribution in [3.05, 3.63) is 36.2 Å². The van der Waals surface area contributed by atoms with Crippen molar-refractivity contribution in [2.75, 3.05) is 30.0 Å². The topological polar surface area (TPSA) is 67.1 Å². The van der Waals surface area contributed by atoms with E-state index >= 15 is 0 Å². The van der Waals surface area contributed by atoms with E-state index in [1.54, 1.807) is 12.1 Å². The normalized spacial score (nSPS) is 11.3. The second kappa shape index (κ2) is 5.47.